The highest BCUT2D eigenvalue weighted by atomic mass is 35.5. The molecular formula is C11H13ClN2O3. The Balaban J connectivity index is 2.08. The number of hydrogen-bond acceptors (Lipinski definition) is 4. The van der Waals surface area contributed by atoms with Crippen molar-refractivity contribution in [3.05, 3.63) is 33.3 Å². The second-order valence-electron chi connectivity index (χ2n) is 3.96. The summed E-state index contributed by atoms with van der Waals surface area (Å²) in [6.07, 6.45) is 2.12. The van der Waals surface area contributed by atoms with Crippen LogP contribution in [0.5, 0.6) is 5.75 Å². The lowest BCUT2D eigenvalue weighted by atomic mass is 10.1. The minimum atomic E-state index is -0.474. The molecule has 1 aromatic carbocycles. The van der Waals surface area contributed by atoms with Crippen molar-refractivity contribution >= 4 is 17.3 Å². The Hall–Kier alpha value is -1.33. The number of non-ortho nitro benzene ring substituents is 1. The Morgan fingerprint density at radius 3 is 2.94 bits per heavy atom. The Kier molecular flexibility index (Phi) is 3.81. The van der Waals surface area contributed by atoms with Crippen LogP contribution in [0.1, 0.15) is 12.8 Å². The van der Waals surface area contributed by atoms with Crippen molar-refractivity contribution < 1.29 is 9.66 Å². The van der Waals surface area contributed by atoms with Crippen LogP contribution in [0, 0.1) is 10.1 Å². The van der Waals surface area contributed by atoms with E-state index < -0.39 is 4.92 Å². The van der Waals surface area contributed by atoms with E-state index in [9.17, 15) is 10.1 Å². The monoisotopic (exact) mass is 256 g/mol. The Morgan fingerprint density at radius 2 is 2.35 bits per heavy atom. The molecule has 1 atom stereocenters. The summed E-state index contributed by atoms with van der Waals surface area (Å²) in [5.74, 6) is 0.506. The molecule has 0 radical (unpaired) electrons. The van der Waals surface area contributed by atoms with E-state index in [2.05, 4.69) is 5.32 Å². The van der Waals surface area contributed by atoms with Gasteiger partial charge in [0.25, 0.3) is 5.69 Å². The van der Waals surface area contributed by atoms with Crippen LogP contribution < -0.4 is 10.1 Å². The minimum absolute atomic E-state index is 0.0240. The van der Waals surface area contributed by atoms with Gasteiger partial charge in [-0.2, -0.15) is 0 Å². The van der Waals surface area contributed by atoms with Gasteiger partial charge in [0.2, 0.25) is 0 Å². The predicted molar refractivity (Wildman–Crippen MR) is 64.6 cm³/mol. The van der Waals surface area contributed by atoms with Gasteiger partial charge >= 0.3 is 0 Å². The lowest BCUT2D eigenvalue weighted by molar-refractivity contribution is -0.384. The van der Waals surface area contributed by atoms with Gasteiger partial charge in [0, 0.05) is 18.7 Å². The second kappa shape index (κ2) is 5.33. The second-order valence-corrected chi connectivity index (χ2v) is 4.37. The van der Waals surface area contributed by atoms with Gasteiger partial charge in [0.15, 0.2) is 0 Å². The van der Waals surface area contributed by atoms with Gasteiger partial charge in [-0.05, 0) is 25.5 Å². The molecule has 0 aromatic heterocycles. The van der Waals surface area contributed by atoms with Crippen molar-refractivity contribution in [1.82, 2.24) is 5.32 Å². The molecule has 17 heavy (non-hydrogen) atoms. The highest BCUT2D eigenvalue weighted by Crippen LogP contribution is 2.30. The Labute approximate surface area is 104 Å². The van der Waals surface area contributed by atoms with E-state index in [0.717, 1.165) is 25.9 Å². The van der Waals surface area contributed by atoms with E-state index >= 15 is 0 Å². The summed E-state index contributed by atoms with van der Waals surface area (Å²) >= 11 is 5.94. The maximum atomic E-state index is 10.6. The van der Waals surface area contributed by atoms with Crippen LogP contribution in [0.15, 0.2) is 18.2 Å². The van der Waals surface area contributed by atoms with E-state index in [1.807, 2.05) is 0 Å². The van der Waals surface area contributed by atoms with Gasteiger partial charge in [-0.1, -0.05) is 11.6 Å². The van der Waals surface area contributed by atoms with Crippen LogP contribution in [0.3, 0.4) is 0 Å². The molecule has 1 N–H and O–H groups in total. The van der Waals surface area contributed by atoms with Gasteiger partial charge in [-0.3, -0.25) is 10.1 Å². The molecule has 1 aliphatic rings. The summed E-state index contributed by atoms with van der Waals surface area (Å²) in [5.41, 5.74) is -0.0240. The fourth-order valence-electron chi connectivity index (χ4n) is 1.80. The molecule has 0 bridgehead atoms. The first-order chi connectivity index (χ1) is 8.16. The van der Waals surface area contributed by atoms with Crippen molar-refractivity contribution in [3.63, 3.8) is 0 Å². The van der Waals surface area contributed by atoms with Crippen molar-refractivity contribution in [2.45, 2.75) is 18.9 Å². The third kappa shape index (κ3) is 3.08. The highest BCUT2D eigenvalue weighted by Gasteiger charge is 2.17. The average molecular weight is 257 g/mol. The summed E-state index contributed by atoms with van der Waals surface area (Å²) in [6, 6.07) is 4.26. The number of nitrogens with one attached hydrogen (secondary N) is 1. The minimum Gasteiger partial charge on any atom is -0.488 e. The molecule has 0 amide bonds. The molecule has 0 saturated carbocycles. The summed E-state index contributed by atoms with van der Waals surface area (Å²) in [5, 5.41) is 14.1. The van der Waals surface area contributed by atoms with Crippen LogP contribution in [0.25, 0.3) is 0 Å². The molecule has 1 aromatic rings. The van der Waals surface area contributed by atoms with Crippen molar-refractivity contribution in [2.75, 3.05) is 13.1 Å². The third-order valence-corrected chi connectivity index (χ3v) is 2.97. The van der Waals surface area contributed by atoms with Gasteiger partial charge < -0.3 is 10.1 Å². The maximum absolute atomic E-state index is 10.6. The third-order valence-electron chi connectivity index (χ3n) is 2.67. The molecule has 1 aliphatic heterocycles. The zero-order valence-electron chi connectivity index (χ0n) is 9.19. The van der Waals surface area contributed by atoms with Crippen LogP contribution in [-0.2, 0) is 0 Å². The summed E-state index contributed by atoms with van der Waals surface area (Å²) in [6.45, 7) is 1.79. The van der Waals surface area contributed by atoms with Crippen LogP contribution >= 0.6 is 11.6 Å². The molecule has 1 saturated heterocycles. The summed E-state index contributed by atoms with van der Waals surface area (Å²) in [7, 11) is 0. The number of rotatable bonds is 3. The highest BCUT2D eigenvalue weighted by molar-refractivity contribution is 6.32. The number of ether oxygens (including phenoxy) is 1. The molecule has 92 valence electrons. The first-order valence-corrected chi connectivity index (χ1v) is 5.86. The van der Waals surface area contributed by atoms with Crippen LogP contribution in [-0.4, -0.2) is 24.1 Å². The number of piperidine rings is 1. The van der Waals surface area contributed by atoms with Crippen molar-refractivity contribution in [2.24, 2.45) is 0 Å². The molecule has 0 spiro atoms. The van der Waals surface area contributed by atoms with E-state index in [-0.39, 0.29) is 16.8 Å². The quantitative estimate of drug-likeness (QED) is 0.666. The number of halogens is 1. The van der Waals surface area contributed by atoms with Crippen molar-refractivity contribution in [3.8, 4) is 5.75 Å². The Morgan fingerprint density at radius 1 is 1.53 bits per heavy atom. The number of nitrogens with zero attached hydrogens (tertiary/aromatic N) is 1. The summed E-state index contributed by atoms with van der Waals surface area (Å²) in [4.78, 5) is 10.1. The van der Waals surface area contributed by atoms with Crippen LogP contribution in [0.4, 0.5) is 5.69 Å². The number of nitro benzene ring substituents is 1. The van der Waals surface area contributed by atoms with E-state index in [0.29, 0.717) is 5.75 Å². The molecule has 1 fully saturated rings. The normalized spacial score (nSPS) is 19.9. The molecule has 0 aliphatic carbocycles. The molecule has 2 rings (SSSR count). The zero-order chi connectivity index (χ0) is 12.3. The lowest BCUT2D eigenvalue weighted by Gasteiger charge is -2.24. The predicted octanol–water partition coefficient (Wildman–Crippen LogP) is 2.38. The largest absolute Gasteiger partial charge is 0.488 e. The van der Waals surface area contributed by atoms with Gasteiger partial charge in [0.1, 0.15) is 11.9 Å². The lowest BCUT2D eigenvalue weighted by Crippen LogP contribution is -2.37. The van der Waals surface area contributed by atoms with Gasteiger partial charge in [-0.15, -0.1) is 0 Å². The number of hydrogen-bond donors (Lipinski definition) is 1. The standard InChI is InChI=1S/C11H13ClN2O3/c12-10-6-8(14(15)16)3-4-11(10)17-9-2-1-5-13-7-9/h3-4,6,9,13H,1-2,5,7H2/t9-/m0/s1. The van der Waals surface area contributed by atoms with E-state index in [1.165, 1.54) is 12.1 Å². The first kappa shape index (κ1) is 12.1. The molecule has 0 unspecified atom stereocenters. The SMILES string of the molecule is O=[N+]([O-])c1ccc(O[C@H]2CCCNC2)c(Cl)c1. The fourth-order valence-corrected chi connectivity index (χ4v) is 2.02. The zero-order valence-corrected chi connectivity index (χ0v) is 9.94. The number of nitro groups is 1. The van der Waals surface area contributed by atoms with Crippen LogP contribution in [0.2, 0.25) is 5.02 Å². The molecule has 6 heteroatoms. The molecule has 5 nitrogen and oxygen atoms in total. The fraction of sp³-hybridized carbons (Fsp3) is 0.455. The average Bonchev–Trinajstić information content (AvgIpc) is 2.33. The van der Waals surface area contributed by atoms with E-state index in [4.69, 9.17) is 16.3 Å². The topological polar surface area (TPSA) is 64.4 Å². The van der Waals surface area contributed by atoms with Gasteiger partial charge in [-0.25, -0.2) is 0 Å². The van der Waals surface area contributed by atoms with Crippen molar-refractivity contribution in [1.29, 1.82) is 0 Å². The molecular weight excluding hydrogens is 244 g/mol. The molecule has 1 heterocycles. The Bertz CT molecular complexity index is 419. The first-order valence-electron chi connectivity index (χ1n) is 5.48. The number of benzene rings is 1. The summed E-state index contributed by atoms with van der Waals surface area (Å²) < 4.78 is 5.70. The maximum Gasteiger partial charge on any atom is 0.271 e. The smallest absolute Gasteiger partial charge is 0.271 e. The van der Waals surface area contributed by atoms with E-state index in [1.54, 1.807) is 6.07 Å². The van der Waals surface area contributed by atoms with Gasteiger partial charge in [0.05, 0.1) is 9.95 Å².